The molecule has 0 radical (unpaired) electrons. The predicted octanol–water partition coefficient (Wildman–Crippen LogP) is 4.67. The minimum atomic E-state index is -1.16. The Morgan fingerprint density at radius 2 is 1.67 bits per heavy atom. The maximum atomic E-state index is 12.3. The van der Waals surface area contributed by atoms with Gasteiger partial charge in [0, 0.05) is 17.7 Å². The summed E-state index contributed by atoms with van der Waals surface area (Å²) in [4.78, 5) is 10.2. The van der Waals surface area contributed by atoms with Gasteiger partial charge in [-0.3, -0.25) is 10.1 Å². The Morgan fingerprint density at radius 1 is 0.958 bits per heavy atom. The number of rotatable bonds is 5. The van der Waals surface area contributed by atoms with Crippen LogP contribution in [0.2, 0.25) is 0 Å². The van der Waals surface area contributed by atoms with E-state index in [0.29, 0.717) is 5.75 Å². The van der Waals surface area contributed by atoms with Crippen LogP contribution in [0, 0.1) is 10.1 Å². The molecule has 0 saturated carbocycles. The lowest BCUT2D eigenvalue weighted by molar-refractivity contribution is -0.384. The van der Waals surface area contributed by atoms with Gasteiger partial charge in [0.15, 0.2) is 0 Å². The van der Waals surface area contributed by atoms with Crippen LogP contribution in [0.3, 0.4) is 0 Å². The Bertz CT molecular complexity index is 885. The highest BCUT2D eigenvalue weighted by atomic mass is 32.2. The van der Waals surface area contributed by atoms with Crippen LogP contribution in [-0.4, -0.2) is 9.48 Å². The molecule has 120 valence electrons. The molecular formula is C19H15NO3S. The van der Waals surface area contributed by atoms with Crippen LogP contribution in [0.1, 0.15) is 11.1 Å². The molecule has 1 atom stereocenters. The molecule has 0 amide bonds. The van der Waals surface area contributed by atoms with E-state index in [1.807, 2.05) is 42.5 Å². The highest BCUT2D eigenvalue weighted by molar-refractivity contribution is 7.93. The van der Waals surface area contributed by atoms with E-state index in [1.54, 1.807) is 23.6 Å². The number of fused-ring (bicyclic) bond motifs is 1. The normalized spacial score (nSPS) is 12.5. The first kappa shape index (κ1) is 16.2. The predicted molar refractivity (Wildman–Crippen MR) is 97.9 cm³/mol. The molecular weight excluding hydrogens is 322 g/mol. The first-order valence-corrected chi connectivity index (χ1v) is 8.78. The molecule has 0 aromatic heterocycles. The number of non-ortho nitro benzene ring substituents is 1. The van der Waals surface area contributed by atoms with E-state index in [-0.39, 0.29) is 5.69 Å². The largest absolute Gasteiger partial charge is 0.612 e. The van der Waals surface area contributed by atoms with Gasteiger partial charge in [-0.25, -0.2) is 0 Å². The van der Waals surface area contributed by atoms with Crippen molar-refractivity contribution in [3.8, 4) is 0 Å². The number of nitro benzene ring substituents is 1. The topological polar surface area (TPSA) is 66.2 Å². The van der Waals surface area contributed by atoms with E-state index in [1.165, 1.54) is 12.1 Å². The van der Waals surface area contributed by atoms with Crippen LogP contribution in [0.25, 0.3) is 16.8 Å². The zero-order chi connectivity index (χ0) is 16.9. The molecule has 4 nitrogen and oxygen atoms in total. The minimum Gasteiger partial charge on any atom is -0.612 e. The van der Waals surface area contributed by atoms with Crippen LogP contribution in [0.15, 0.2) is 72.1 Å². The van der Waals surface area contributed by atoms with Crippen molar-refractivity contribution in [3.05, 3.63) is 93.4 Å². The smallest absolute Gasteiger partial charge is 0.269 e. The second kappa shape index (κ2) is 7.29. The molecule has 0 N–H and O–H groups in total. The zero-order valence-corrected chi connectivity index (χ0v) is 13.6. The monoisotopic (exact) mass is 337 g/mol. The fourth-order valence-corrected chi connectivity index (χ4v) is 3.44. The summed E-state index contributed by atoms with van der Waals surface area (Å²) in [6, 6.07) is 20.2. The van der Waals surface area contributed by atoms with Gasteiger partial charge < -0.3 is 4.55 Å². The van der Waals surface area contributed by atoms with Crippen LogP contribution >= 0.6 is 0 Å². The van der Waals surface area contributed by atoms with Crippen molar-refractivity contribution in [1.82, 2.24) is 0 Å². The van der Waals surface area contributed by atoms with E-state index >= 15 is 0 Å². The van der Waals surface area contributed by atoms with E-state index in [9.17, 15) is 14.7 Å². The zero-order valence-electron chi connectivity index (χ0n) is 12.8. The average molecular weight is 337 g/mol. The molecule has 0 aliphatic carbocycles. The number of hydrogen-bond donors (Lipinski definition) is 0. The Hall–Kier alpha value is -2.63. The molecule has 0 spiro atoms. The van der Waals surface area contributed by atoms with Gasteiger partial charge in [-0.1, -0.05) is 42.5 Å². The molecule has 3 aromatic rings. The van der Waals surface area contributed by atoms with Crippen molar-refractivity contribution in [3.63, 3.8) is 0 Å². The van der Waals surface area contributed by atoms with Crippen molar-refractivity contribution in [2.45, 2.75) is 5.75 Å². The van der Waals surface area contributed by atoms with Gasteiger partial charge >= 0.3 is 0 Å². The van der Waals surface area contributed by atoms with Crippen molar-refractivity contribution in [2.75, 3.05) is 0 Å². The Morgan fingerprint density at radius 3 is 2.42 bits per heavy atom. The molecule has 0 fully saturated rings. The SMILES string of the molecule is O=[N+]([O-])c1ccc(C=C[S+]([O-])Cc2cccc3ccccc23)cc1. The summed E-state index contributed by atoms with van der Waals surface area (Å²) in [6.45, 7) is 0. The third kappa shape index (κ3) is 3.82. The van der Waals surface area contributed by atoms with Gasteiger partial charge in [-0.15, -0.1) is 0 Å². The third-order valence-electron chi connectivity index (χ3n) is 3.69. The Balaban J connectivity index is 1.72. The molecule has 0 aliphatic heterocycles. The first-order chi connectivity index (χ1) is 11.6. The molecule has 0 saturated heterocycles. The molecule has 5 heteroatoms. The average Bonchev–Trinajstić information content (AvgIpc) is 2.61. The summed E-state index contributed by atoms with van der Waals surface area (Å²) in [6.07, 6.45) is 1.73. The summed E-state index contributed by atoms with van der Waals surface area (Å²) in [7, 11) is 0. The van der Waals surface area contributed by atoms with Crippen molar-refractivity contribution in [1.29, 1.82) is 0 Å². The lowest BCUT2D eigenvalue weighted by atomic mass is 10.1. The Kier molecular flexibility index (Phi) is 4.93. The molecule has 0 heterocycles. The molecule has 0 bridgehead atoms. The summed E-state index contributed by atoms with van der Waals surface area (Å²) < 4.78 is 12.3. The summed E-state index contributed by atoms with van der Waals surface area (Å²) in [5.74, 6) is 0.435. The van der Waals surface area contributed by atoms with E-state index < -0.39 is 16.1 Å². The fraction of sp³-hybridized carbons (Fsp3) is 0.0526. The van der Waals surface area contributed by atoms with Crippen molar-refractivity contribution >= 4 is 33.7 Å². The van der Waals surface area contributed by atoms with Gasteiger partial charge in [-0.2, -0.15) is 0 Å². The summed E-state index contributed by atoms with van der Waals surface area (Å²) >= 11 is -1.16. The lowest BCUT2D eigenvalue weighted by Crippen LogP contribution is -2.00. The number of nitro groups is 1. The van der Waals surface area contributed by atoms with Crippen LogP contribution in [0.5, 0.6) is 0 Å². The third-order valence-corrected chi connectivity index (χ3v) is 4.73. The van der Waals surface area contributed by atoms with Crippen LogP contribution < -0.4 is 0 Å². The van der Waals surface area contributed by atoms with Crippen LogP contribution in [0.4, 0.5) is 5.69 Å². The van der Waals surface area contributed by atoms with Crippen molar-refractivity contribution in [2.24, 2.45) is 0 Å². The Labute approximate surface area is 142 Å². The quantitative estimate of drug-likeness (QED) is 0.386. The van der Waals surface area contributed by atoms with Gasteiger partial charge in [0.25, 0.3) is 5.69 Å². The second-order valence-corrected chi connectivity index (χ2v) is 6.64. The van der Waals surface area contributed by atoms with Gasteiger partial charge in [-0.05, 0) is 45.7 Å². The highest BCUT2D eigenvalue weighted by Gasteiger charge is 2.08. The molecule has 3 rings (SSSR count). The van der Waals surface area contributed by atoms with Gasteiger partial charge in [0.05, 0.1) is 4.92 Å². The molecule has 0 aliphatic rings. The number of hydrogen-bond acceptors (Lipinski definition) is 3. The van der Waals surface area contributed by atoms with Crippen molar-refractivity contribution < 1.29 is 9.48 Å². The van der Waals surface area contributed by atoms with E-state index in [4.69, 9.17) is 0 Å². The van der Waals surface area contributed by atoms with E-state index in [2.05, 4.69) is 0 Å². The van der Waals surface area contributed by atoms with Gasteiger partial charge in [0.1, 0.15) is 11.2 Å². The fourth-order valence-electron chi connectivity index (χ4n) is 2.48. The maximum absolute atomic E-state index is 12.3. The van der Waals surface area contributed by atoms with Crippen LogP contribution in [-0.2, 0) is 16.9 Å². The number of benzene rings is 3. The summed E-state index contributed by atoms with van der Waals surface area (Å²) in [5, 5.41) is 14.5. The second-order valence-electron chi connectivity index (χ2n) is 5.31. The molecule has 3 aromatic carbocycles. The number of nitrogens with zero attached hydrogens (tertiary/aromatic N) is 1. The minimum absolute atomic E-state index is 0.0454. The van der Waals surface area contributed by atoms with Gasteiger partial charge in [0.2, 0.25) is 0 Å². The first-order valence-electron chi connectivity index (χ1n) is 7.40. The lowest BCUT2D eigenvalue weighted by Gasteiger charge is -2.08. The molecule has 24 heavy (non-hydrogen) atoms. The standard InChI is InChI=1S/C19H15NO3S/c21-20(22)18-10-8-15(9-11-18)12-13-24(23)14-17-6-3-5-16-4-1-2-7-19(16)17/h1-13H,14H2. The van der Waals surface area contributed by atoms with E-state index in [0.717, 1.165) is 21.9 Å². The molecule has 1 unspecified atom stereocenters. The summed E-state index contributed by atoms with van der Waals surface area (Å²) in [5.41, 5.74) is 1.87. The highest BCUT2D eigenvalue weighted by Crippen LogP contribution is 2.21. The maximum Gasteiger partial charge on any atom is 0.269 e.